The molecule has 0 aliphatic rings. The van der Waals surface area contributed by atoms with Crippen molar-refractivity contribution < 1.29 is 13.9 Å². The van der Waals surface area contributed by atoms with Crippen LogP contribution in [0.1, 0.15) is 34.2 Å². The molecule has 0 spiro atoms. The number of hydrogen-bond donors (Lipinski definition) is 0. The zero-order valence-electron chi connectivity index (χ0n) is 16.2. The second kappa shape index (κ2) is 8.29. The summed E-state index contributed by atoms with van der Waals surface area (Å²) < 4.78 is 12.0. The highest BCUT2D eigenvalue weighted by molar-refractivity contribution is 5.96. The molecule has 4 aromatic rings. The Balaban J connectivity index is 1.89. The first-order valence-electron chi connectivity index (χ1n) is 9.64. The van der Waals surface area contributed by atoms with Gasteiger partial charge in [-0.25, -0.2) is 0 Å². The van der Waals surface area contributed by atoms with Crippen molar-refractivity contribution in [2.24, 2.45) is 0 Å². The third-order valence-electron chi connectivity index (χ3n) is 5.03. The standard InChI is InChI=1S/C26H22O3/c1-20(25(27)24-18-11-19-28-24)29-26(21-12-5-2-6-13-21,22-14-7-3-8-15-22)23-16-9-4-10-17-23/h2-20H,1H3/t20-/m0/s1. The minimum atomic E-state index is -0.939. The summed E-state index contributed by atoms with van der Waals surface area (Å²) in [5.74, 6) is 0.0998. The lowest BCUT2D eigenvalue weighted by Gasteiger charge is -2.37. The molecule has 4 rings (SSSR count). The zero-order valence-corrected chi connectivity index (χ0v) is 16.2. The zero-order chi connectivity index (χ0) is 20.1. The molecule has 3 aromatic carbocycles. The van der Waals surface area contributed by atoms with E-state index in [0.717, 1.165) is 16.7 Å². The number of ketones is 1. The summed E-state index contributed by atoms with van der Waals surface area (Å²) >= 11 is 0. The van der Waals surface area contributed by atoms with E-state index < -0.39 is 11.7 Å². The number of carbonyl (C=O) groups is 1. The lowest BCUT2D eigenvalue weighted by Crippen LogP contribution is -2.38. The number of rotatable bonds is 7. The average molecular weight is 382 g/mol. The van der Waals surface area contributed by atoms with Crippen molar-refractivity contribution in [2.75, 3.05) is 0 Å². The number of furan rings is 1. The van der Waals surface area contributed by atoms with Crippen molar-refractivity contribution in [2.45, 2.75) is 18.6 Å². The predicted octanol–water partition coefficient (Wildman–Crippen LogP) is 5.86. The number of ether oxygens (including phenoxy) is 1. The van der Waals surface area contributed by atoms with E-state index in [1.165, 1.54) is 6.26 Å². The summed E-state index contributed by atoms with van der Waals surface area (Å²) in [7, 11) is 0. The smallest absolute Gasteiger partial charge is 0.226 e. The third kappa shape index (κ3) is 3.65. The lowest BCUT2D eigenvalue weighted by molar-refractivity contribution is -0.0272. The van der Waals surface area contributed by atoms with Crippen LogP contribution in [0, 0.1) is 0 Å². The van der Waals surface area contributed by atoms with Gasteiger partial charge in [0.25, 0.3) is 0 Å². The monoisotopic (exact) mass is 382 g/mol. The van der Waals surface area contributed by atoms with Gasteiger partial charge in [0.05, 0.1) is 6.26 Å². The Labute approximate surface area is 170 Å². The SMILES string of the molecule is C[C@H](OC(c1ccccc1)(c1ccccc1)c1ccccc1)C(=O)c1ccco1. The van der Waals surface area contributed by atoms with Crippen molar-refractivity contribution in [3.63, 3.8) is 0 Å². The van der Waals surface area contributed by atoms with Gasteiger partial charge in [-0.2, -0.15) is 0 Å². The van der Waals surface area contributed by atoms with Crippen LogP contribution in [0.2, 0.25) is 0 Å². The number of hydrogen-bond acceptors (Lipinski definition) is 3. The molecule has 3 heteroatoms. The van der Waals surface area contributed by atoms with Crippen LogP contribution >= 0.6 is 0 Å². The van der Waals surface area contributed by atoms with Crippen LogP contribution in [-0.4, -0.2) is 11.9 Å². The highest BCUT2D eigenvalue weighted by Gasteiger charge is 2.40. The van der Waals surface area contributed by atoms with Crippen LogP contribution in [0.15, 0.2) is 114 Å². The molecule has 0 aliphatic heterocycles. The van der Waals surface area contributed by atoms with Crippen molar-refractivity contribution in [1.82, 2.24) is 0 Å². The van der Waals surface area contributed by atoms with Crippen LogP contribution < -0.4 is 0 Å². The minimum absolute atomic E-state index is 0.192. The maximum Gasteiger partial charge on any atom is 0.226 e. The van der Waals surface area contributed by atoms with Gasteiger partial charge >= 0.3 is 0 Å². The molecule has 144 valence electrons. The van der Waals surface area contributed by atoms with Gasteiger partial charge < -0.3 is 9.15 Å². The van der Waals surface area contributed by atoms with Gasteiger partial charge in [0.15, 0.2) is 5.76 Å². The van der Waals surface area contributed by atoms with E-state index in [0.29, 0.717) is 5.76 Å². The predicted molar refractivity (Wildman–Crippen MR) is 113 cm³/mol. The van der Waals surface area contributed by atoms with Crippen LogP contribution in [-0.2, 0) is 10.3 Å². The molecule has 0 saturated carbocycles. The third-order valence-corrected chi connectivity index (χ3v) is 5.03. The Morgan fingerprint density at radius 3 is 1.55 bits per heavy atom. The average Bonchev–Trinajstić information content (AvgIpc) is 3.33. The Hall–Kier alpha value is -3.43. The van der Waals surface area contributed by atoms with Crippen molar-refractivity contribution in [3.05, 3.63) is 132 Å². The number of carbonyl (C=O) groups excluding carboxylic acids is 1. The fraction of sp³-hybridized carbons (Fsp3) is 0.115. The largest absolute Gasteiger partial charge is 0.461 e. The molecule has 0 amide bonds. The van der Waals surface area contributed by atoms with Gasteiger partial charge in [-0.05, 0) is 35.7 Å². The summed E-state index contributed by atoms with van der Waals surface area (Å²) in [4.78, 5) is 13.0. The van der Waals surface area contributed by atoms with Gasteiger partial charge in [0, 0.05) is 0 Å². The van der Waals surface area contributed by atoms with Crippen LogP contribution in [0.4, 0.5) is 0 Å². The topological polar surface area (TPSA) is 39.4 Å². The number of Topliss-reactive ketones (excluding diaryl/α,β-unsaturated/α-hetero) is 1. The Kier molecular flexibility index (Phi) is 5.41. The van der Waals surface area contributed by atoms with E-state index in [4.69, 9.17) is 9.15 Å². The molecule has 0 saturated heterocycles. The number of benzene rings is 3. The molecule has 1 heterocycles. The first-order valence-corrected chi connectivity index (χ1v) is 9.64. The first kappa shape index (κ1) is 18.9. The maximum atomic E-state index is 13.0. The maximum absolute atomic E-state index is 13.0. The minimum Gasteiger partial charge on any atom is -0.461 e. The quantitative estimate of drug-likeness (QED) is 0.297. The summed E-state index contributed by atoms with van der Waals surface area (Å²) in [6.07, 6.45) is 0.778. The Morgan fingerprint density at radius 2 is 1.17 bits per heavy atom. The van der Waals surface area contributed by atoms with Gasteiger partial charge in [-0.1, -0.05) is 91.0 Å². The molecule has 0 bridgehead atoms. The second-order valence-corrected chi connectivity index (χ2v) is 6.88. The lowest BCUT2D eigenvalue weighted by atomic mass is 9.80. The van der Waals surface area contributed by atoms with E-state index in [-0.39, 0.29) is 5.78 Å². The summed E-state index contributed by atoms with van der Waals surface area (Å²) in [5, 5.41) is 0. The molecular weight excluding hydrogens is 360 g/mol. The fourth-order valence-electron chi connectivity index (χ4n) is 3.66. The summed E-state index contributed by atoms with van der Waals surface area (Å²) in [5.41, 5.74) is 1.93. The molecule has 0 fully saturated rings. The van der Waals surface area contributed by atoms with E-state index >= 15 is 0 Å². The van der Waals surface area contributed by atoms with Crippen LogP contribution in [0.3, 0.4) is 0 Å². The molecule has 0 aliphatic carbocycles. The van der Waals surface area contributed by atoms with E-state index in [9.17, 15) is 4.79 Å². The van der Waals surface area contributed by atoms with Gasteiger partial charge in [-0.15, -0.1) is 0 Å². The second-order valence-electron chi connectivity index (χ2n) is 6.88. The van der Waals surface area contributed by atoms with E-state index in [1.807, 2.05) is 91.0 Å². The fourth-order valence-corrected chi connectivity index (χ4v) is 3.66. The molecule has 3 nitrogen and oxygen atoms in total. The van der Waals surface area contributed by atoms with E-state index in [1.54, 1.807) is 19.1 Å². The molecule has 29 heavy (non-hydrogen) atoms. The van der Waals surface area contributed by atoms with Gasteiger partial charge in [-0.3, -0.25) is 4.79 Å². The van der Waals surface area contributed by atoms with Crippen molar-refractivity contribution >= 4 is 5.78 Å². The van der Waals surface area contributed by atoms with Crippen molar-refractivity contribution in [1.29, 1.82) is 0 Å². The molecule has 0 N–H and O–H groups in total. The Bertz CT molecular complexity index is 942. The summed E-state index contributed by atoms with van der Waals surface area (Å²) in [6, 6.07) is 33.4. The summed E-state index contributed by atoms with van der Waals surface area (Å²) in [6.45, 7) is 1.77. The first-order chi connectivity index (χ1) is 14.2. The Morgan fingerprint density at radius 1 is 0.724 bits per heavy atom. The van der Waals surface area contributed by atoms with Gasteiger partial charge in [0.1, 0.15) is 11.7 Å². The van der Waals surface area contributed by atoms with E-state index in [2.05, 4.69) is 0 Å². The molecule has 0 unspecified atom stereocenters. The van der Waals surface area contributed by atoms with Crippen LogP contribution in [0.25, 0.3) is 0 Å². The van der Waals surface area contributed by atoms with Crippen molar-refractivity contribution in [3.8, 4) is 0 Å². The normalized spacial score (nSPS) is 12.4. The van der Waals surface area contributed by atoms with Gasteiger partial charge in [0.2, 0.25) is 5.78 Å². The highest BCUT2D eigenvalue weighted by atomic mass is 16.5. The molecular formula is C26H22O3. The molecule has 1 aromatic heterocycles. The molecule has 1 atom stereocenters. The van der Waals surface area contributed by atoms with Crippen LogP contribution in [0.5, 0.6) is 0 Å². The highest BCUT2D eigenvalue weighted by Crippen LogP contribution is 2.41. The molecule has 0 radical (unpaired) electrons.